The molecule has 0 aromatic carbocycles. The summed E-state index contributed by atoms with van der Waals surface area (Å²) in [6.45, 7) is 5.95. The first kappa shape index (κ1) is 12.9. The maximum absolute atomic E-state index is 5.62. The standard InChI is InChI=1S/C14H21N3O/c1-10(2)18-13-9-11(3)15-14(17-13)16-12-7-5-4-6-8-12/h4-5,9-10,12H,6-8H2,1-3H3,(H,15,16,17). The fourth-order valence-corrected chi connectivity index (χ4v) is 2.01. The predicted octanol–water partition coefficient (Wildman–Crippen LogP) is 3.09. The van der Waals surface area contributed by atoms with Crippen molar-refractivity contribution in [2.24, 2.45) is 0 Å². The second-order valence-electron chi connectivity index (χ2n) is 4.96. The normalized spacial score (nSPS) is 19.0. The molecule has 0 saturated carbocycles. The van der Waals surface area contributed by atoms with Crippen molar-refractivity contribution in [3.8, 4) is 5.88 Å². The van der Waals surface area contributed by atoms with E-state index in [0.717, 1.165) is 25.0 Å². The van der Waals surface area contributed by atoms with Crippen LogP contribution < -0.4 is 10.1 Å². The summed E-state index contributed by atoms with van der Waals surface area (Å²) in [5.41, 5.74) is 0.925. The number of hydrogen-bond donors (Lipinski definition) is 1. The number of nitrogens with one attached hydrogen (secondary N) is 1. The third-order valence-corrected chi connectivity index (χ3v) is 2.79. The third-order valence-electron chi connectivity index (χ3n) is 2.79. The Hall–Kier alpha value is -1.58. The van der Waals surface area contributed by atoms with Crippen LogP contribution in [0.4, 0.5) is 5.95 Å². The minimum absolute atomic E-state index is 0.129. The predicted molar refractivity (Wildman–Crippen MR) is 72.9 cm³/mol. The highest BCUT2D eigenvalue weighted by Crippen LogP contribution is 2.18. The molecule has 1 unspecified atom stereocenters. The first-order valence-electron chi connectivity index (χ1n) is 6.57. The Morgan fingerprint density at radius 3 is 2.83 bits per heavy atom. The van der Waals surface area contributed by atoms with Crippen molar-refractivity contribution >= 4 is 5.95 Å². The molecule has 1 aliphatic rings. The zero-order valence-corrected chi connectivity index (χ0v) is 11.3. The molecule has 1 N–H and O–H groups in total. The van der Waals surface area contributed by atoms with Gasteiger partial charge >= 0.3 is 0 Å². The van der Waals surface area contributed by atoms with Crippen molar-refractivity contribution in [3.63, 3.8) is 0 Å². The van der Waals surface area contributed by atoms with E-state index in [9.17, 15) is 0 Å². The number of aromatic nitrogens is 2. The molecule has 0 amide bonds. The summed E-state index contributed by atoms with van der Waals surface area (Å²) in [5.74, 6) is 1.32. The third kappa shape index (κ3) is 3.72. The Morgan fingerprint density at radius 2 is 2.17 bits per heavy atom. The number of rotatable bonds is 4. The Balaban J connectivity index is 2.07. The van der Waals surface area contributed by atoms with E-state index in [2.05, 4.69) is 27.4 Å². The molecule has 4 heteroatoms. The van der Waals surface area contributed by atoms with Gasteiger partial charge in [-0.3, -0.25) is 0 Å². The Morgan fingerprint density at radius 1 is 1.33 bits per heavy atom. The van der Waals surface area contributed by atoms with Gasteiger partial charge in [-0.2, -0.15) is 4.98 Å². The molecule has 0 fully saturated rings. The molecule has 1 aromatic rings. The summed E-state index contributed by atoms with van der Waals surface area (Å²) in [7, 11) is 0. The summed E-state index contributed by atoms with van der Waals surface area (Å²) in [6.07, 6.45) is 7.86. The van der Waals surface area contributed by atoms with Crippen LogP contribution in [0.3, 0.4) is 0 Å². The van der Waals surface area contributed by atoms with E-state index in [1.165, 1.54) is 0 Å². The number of aryl methyl sites for hydroxylation is 1. The molecule has 1 aliphatic carbocycles. The van der Waals surface area contributed by atoms with Crippen LogP contribution in [0.1, 0.15) is 38.8 Å². The monoisotopic (exact) mass is 247 g/mol. The highest BCUT2D eigenvalue weighted by atomic mass is 16.5. The van der Waals surface area contributed by atoms with Gasteiger partial charge in [-0.15, -0.1) is 0 Å². The fourth-order valence-electron chi connectivity index (χ4n) is 2.01. The maximum atomic E-state index is 5.62. The first-order chi connectivity index (χ1) is 8.63. The van der Waals surface area contributed by atoms with Gasteiger partial charge in [0.2, 0.25) is 11.8 Å². The van der Waals surface area contributed by atoms with Crippen molar-refractivity contribution < 1.29 is 4.74 Å². The molecule has 1 atom stereocenters. The lowest BCUT2D eigenvalue weighted by atomic mass is 10.0. The minimum Gasteiger partial charge on any atom is -0.475 e. The average Bonchev–Trinajstić information content (AvgIpc) is 2.28. The van der Waals surface area contributed by atoms with Gasteiger partial charge in [0.05, 0.1) is 6.10 Å². The molecule has 98 valence electrons. The Bertz CT molecular complexity index is 429. The van der Waals surface area contributed by atoms with E-state index < -0.39 is 0 Å². The Kier molecular flexibility index (Phi) is 4.18. The lowest BCUT2D eigenvalue weighted by molar-refractivity contribution is 0.232. The molecule has 1 aromatic heterocycles. The molecular formula is C14H21N3O. The molecular weight excluding hydrogens is 226 g/mol. The molecule has 1 heterocycles. The highest BCUT2D eigenvalue weighted by molar-refractivity contribution is 5.32. The van der Waals surface area contributed by atoms with Crippen molar-refractivity contribution in [2.75, 3.05) is 5.32 Å². The van der Waals surface area contributed by atoms with Crippen molar-refractivity contribution in [1.82, 2.24) is 9.97 Å². The second-order valence-corrected chi connectivity index (χ2v) is 4.96. The van der Waals surface area contributed by atoms with Crippen LogP contribution in [0.15, 0.2) is 18.2 Å². The number of ether oxygens (including phenoxy) is 1. The second kappa shape index (κ2) is 5.85. The van der Waals surface area contributed by atoms with Gasteiger partial charge < -0.3 is 10.1 Å². The quantitative estimate of drug-likeness (QED) is 0.830. The molecule has 0 spiro atoms. The van der Waals surface area contributed by atoms with E-state index in [0.29, 0.717) is 17.9 Å². The maximum Gasteiger partial charge on any atom is 0.226 e. The lowest BCUT2D eigenvalue weighted by Crippen LogP contribution is -2.22. The minimum atomic E-state index is 0.129. The fraction of sp³-hybridized carbons (Fsp3) is 0.571. The molecule has 0 saturated heterocycles. The van der Waals surface area contributed by atoms with E-state index in [1.807, 2.05) is 26.8 Å². The smallest absolute Gasteiger partial charge is 0.226 e. The Labute approximate surface area is 108 Å². The zero-order valence-electron chi connectivity index (χ0n) is 11.3. The zero-order chi connectivity index (χ0) is 13.0. The van der Waals surface area contributed by atoms with Crippen molar-refractivity contribution in [2.45, 2.75) is 52.2 Å². The topological polar surface area (TPSA) is 47.0 Å². The van der Waals surface area contributed by atoms with Crippen LogP contribution in [0.5, 0.6) is 5.88 Å². The van der Waals surface area contributed by atoms with E-state index >= 15 is 0 Å². The van der Waals surface area contributed by atoms with E-state index in [-0.39, 0.29) is 6.10 Å². The van der Waals surface area contributed by atoms with Crippen molar-refractivity contribution in [3.05, 3.63) is 23.9 Å². The van der Waals surface area contributed by atoms with Crippen molar-refractivity contribution in [1.29, 1.82) is 0 Å². The lowest BCUT2D eigenvalue weighted by Gasteiger charge is -2.20. The van der Waals surface area contributed by atoms with Gasteiger partial charge in [0.1, 0.15) is 0 Å². The van der Waals surface area contributed by atoms with Crippen LogP contribution in [0, 0.1) is 6.92 Å². The largest absolute Gasteiger partial charge is 0.475 e. The van der Waals surface area contributed by atoms with Gasteiger partial charge in [-0.05, 0) is 40.0 Å². The van der Waals surface area contributed by atoms with Crippen LogP contribution >= 0.6 is 0 Å². The number of nitrogens with zero attached hydrogens (tertiary/aromatic N) is 2. The van der Waals surface area contributed by atoms with E-state index in [4.69, 9.17) is 4.74 Å². The van der Waals surface area contributed by atoms with Crippen LogP contribution in [0.2, 0.25) is 0 Å². The molecule has 0 bridgehead atoms. The summed E-state index contributed by atoms with van der Waals surface area (Å²) < 4.78 is 5.62. The first-order valence-corrected chi connectivity index (χ1v) is 6.57. The molecule has 2 rings (SSSR count). The van der Waals surface area contributed by atoms with Gasteiger partial charge in [0, 0.05) is 17.8 Å². The molecule has 0 aliphatic heterocycles. The van der Waals surface area contributed by atoms with Gasteiger partial charge in [-0.25, -0.2) is 4.98 Å². The SMILES string of the molecule is Cc1cc(OC(C)C)nc(NC2CC=CCC2)n1. The molecule has 18 heavy (non-hydrogen) atoms. The summed E-state index contributed by atoms with van der Waals surface area (Å²) in [6, 6.07) is 2.30. The van der Waals surface area contributed by atoms with Crippen LogP contribution in [-0.2, 0) is 0 Å². The average molecular weight is 247 g/mol. The highest BCUT2D eigenvalue weighted by Gasteiger charge is 2.12. The van der Waals surface area contributed by atoms with Gasteiger partial charge in [0.25, 0.3) is 0 Å². The summed E-state index contributed by atoms with van der Waals surface area (Å²) >= 11 is 0. The van der Waals surface area contributed by atoms with Crippen LogP contribution in [0.25, 0.3) is 0 Å². The van der Waals surface area contributed by atoms with Crippen LogP contribution in [-0.4, -0.2) is 22.1 Å². The molecule has 0 radical (unpaired) electrons. The summed E-state index contributed by atoms with van der Waals surface area (Å²) in [4.78, 5) is 8.81. The molecule has 4 nitrogen and oxygen atoms in total. The number of hydrogen-bond acceptors (Lipinski definition) is 4. The van der Waals surface area contributed by atoms with Gasteiger partial charge in [0.15, 0.2) is 0 Å². The van der Waals surface area contributed by atoms with E-state index in [1.54, 1.807) is 0 Å². The van der Waals surface area contributed by atoms with Gasteiger partial charge in [-0.1, -0.05) is 12.2 Å². The number of anilines is 1. The summed E-state index contributed by atoms with van der Waals surface area (Å²) in [5, 5.41) is 3.38. The number of allylic oxidation sites excluding steroid dienone is 1.